The molecule has 4 heteroatoms. The van der Waals surface area contributed by atoms with E-state index in [1.807, 2.05) is 49.4 Å². The first-order chi connectivity index (χ1) is 9.65. The van der Waals surface area contributed by atoms with Crippen molar-refractivity contribution in [1.29, 1.82) is 0 Å². The van der Waals surface area contributed by atoms with Gasteiger partial charge in [0, 0.05) is 10.6 Å². The number of aromatic nitrogens is 1. The van der Waals surface area contributed by atoms with Gasteiger partial charge in [0.1, 0.15) is 0 Å². The number of halogens is 1. The molecular formula is C16H13ClN2O. The predicted molar refractivity (Wildman–Crippen MR) is 81.5 cm³/mol. The molecule has 3 aromatic rings. The SMILES string of the molecule is Cc1cccc(-c2c(N)noc2-c2cccc(Cl)c2)c1. The molecule has 2 aromatic carbocycles. The minimum atomic E-state index is 0.380. The van der Waals surface area contributed by atoms with Crippen LogP contribution in [0.5, 0.6) is 0 Å². The van der Waals surface area contributed by atoms with Crippen molar-refractivity contribution in [2.24, 2.45) is 0 Å². The molecule has 0 amide bonds. The Bertz CT molecular complexity index is 765. The molecule has 0 unspecified atom stereocenters. The quantitative estimate of drug-likeness (QED) is 0.751. The minimum Gasteiger partial charge on any atom is -0.380 e. The molecule has 1 heterocycles. The third kappa shape index (κ3) is 2.28. The van der Waals surface area contributed by atoms with Crippen molar-refractivity contribution in [3.8, 4) is 22.5 Å². The number of hydrogen-bond donors (Lipinski definition) is 1. The van der Waals surface area contributed by atoms with Crippen molar-refractivity contribution in [3.05, 3.63) is 59.1 Å². The van der Waals surface area contributed by atoms with E-state index in [1.165, 1.54) is 0 Å². The van der Waals surface area contributed by atoms with Crippen molar-refractivity contribution >= 4 is 17.4 Å². The Labute approximate surface area is 122 Å². The average molecular weight is 285 g/mol. The van der Waals surface area contributed by atoms with Gasteiger partial charge in [-0.05, 0) is 24.6 Å². The highest BCUT2D eigenvalue weighted by atomic mass is 35.5. The standard InChI is InChI=1S/C16H13ClN2O/c1-10-4-2-5-11(8-10)14-15(20-19-16(14)18)12-6-3-7-13(17)9-12/h2-9H,1H3,(H2,18,19). The molecule has 0 radical (unpaired) electrons. The van der Waals surface area contributed by atoms with Crippen molar-refractivity contribution in [1.82, 2.24) is 5.16 Å². The molecule has 3 nitrogen and oxygen atoms in total. The smallest absolute Gasteiger partial charge is 0.176 e. The fourth-order valence-corrected chi connectivity index (χ4v) is 2.40. The monoisotopic (exact) mass is 284 g/mol. The summed E-state index contributed by atoms with van der Waals surface area (Å²) in [6, 6.07) is 15.5. The second-order valence-electron chi connectivity index (χ2n) is 4.65. The summed E-state index contributed by atoms with van der Waals surface area (Å²) in [4.78, 5) is 0. The van der Waals surface area contributed by atoms with Crippen LogP contribution in [0.3, 0.4) is 0 Å². The molecular weight excluding hydrogens is 272 g/mol. The molecule has 0 aliphatic carbocycles. The van der Waals surface area contributed by atoms with E-state index in [0.717, 1.165) is 22.3 Å². The summed E-state index contributed by atoms with van der Waals surface area (Å²) >= 11 is 6.03. The van der Waals surface area contributed by atoms with Crippen LogP contribution in [0.1, 0.15) is 5.56 Å². The number of aryl methyl sites for hydroxylation is 1. The first-order valence-corrected chi connectivity index (χ1v) is 6.61. The number of nitrogens with zero attached hydrogens (tertiary/aromatic N) is 1. The lowest BCUT2D eigenvalue weighted by Gasteiger charge is -2.04. The second-order valence-corrected chi connectivity index (χ2v) is 5.09. The van der Waals surface area contributed by atoms with Crippen LogP contribution in [0.25, 0.3) is 22.5 Å². The van der Waals surface area contributed by atoms with Gasteiger partial charge in [0.15, 0.2) is 11.6 Å². The molecule has 100 valence electrons. The molecule has 20 heavy (non-hydrogen) atoms. The number of nitrogens with two attached hydrogens (primary N) is 1. The van der Waals surface area contributed by atoms with Crippen LogP contribution in [0.4, 0.5) is 5.82 Å². The molecule has 0 saturated carbocycles. The lowest BCUT2D eigenvalue weighted by atomic mass is 10.00. The summed E-state index contributed by atoms with van der Waals surface area (Å²) < 4.78 is 5.40. The summed E-state index contributed by atoms with van der Waals surface area (Å²) in [5.74, 6) is 1.01. The van der Waals surface area contributed by atoms with Crippen LogP contribution in [0, 0.1) is 6.92 Å². The van der Waals surface area contributed by atoms with Crippen molar-refractivity contribution in [3.63, 3.8) is 0 Å². The highest BCUT2D eigenvalue weighted by molar-refractivity contribution is 6.30. The van der Waals surface area contributed by atoms with Crippen molar-refractivity contribution in [2.75, 3.05) is 5.73 Å². The second kappa shape index (κ2) is 5.02. The number of hydrogen-bond acceptors (Lipinski definition) is 3. The molecule has 0 spiro atoms. The summed E-state index contributed by atoms with van der Waals surface area (Å²) in [6.07, 6.45) is 0. The van der Waals surface area contributed by atoms with E-state index in [4.69, 9.17) is 21.9 Å². The Kier molecular flexibility index (Phi) is 3.20. The van der Waals surface area contributed by atoms with Gasteiger partial charge in [0.2, 0.25) is 0 Å². The van der Waals surface area contributed by atoms with Crippen molar-refractivity contribution < 1.29 is 4.52 Å². The minimum absolute atomic E-state index is 0.380. The van der Waals surface area contributed by atoms with Gasteiger partial charge in [-0.25, -0.2) is 0 Å². The number of nitrogen functional groups attached to an aromatic ring is 1. The van der Waals surface area contributed by atoms with E-state index < -0.39 is 0 Å². The van der Waals surface area contributed by atoms with Crippen LogP contribution in [-0.2, 0) is 0 Å². The third-order valence-electron chi connectivity index (χ3n) is 3.11. The Hall–Kier alpha value is -2.26. The zero-order valence-electron chi connectivity index (χ0n) is 10.9. The highest BCUT2D eigenvalue weighted by Gasteiger charge is 2.17. The zero-order chi connectivity index (χ0) is 14.1. The van der Waals surface area contributed by atoms with Gasteiger partial charge < -0.3 is 10.3 Å². The van der Waals surface area contributed by atoms with Crippen LogP contribution in [0.2, 0.25) is 5.02 Å². The lowest BCUT2D eigenvalue weighted by Crippen LogP contribution is -1.89. The van der Waals surface area contributed by atoms with Crippen LogP contribution in [0.15, 0.2) is 53.1 Å². The first-order valence-electron chi connectivity index (χ1n) is 6.23. The van der Waals surface area contributed by atoms with E-state index in [-0.39, 0.29) is 0 Å². The average Bonchev–Trinajstić information content (AvgIpc) is 2.80. The summed E-state index contributed by atoms with van der Waals surface area (Å²) in [5.41, 5.74) is 9.76. The number of rotatable bonds is 2. The van der Waals surface area contributed by atoms with Crippen LogP contribution < -0.4 is 5.73 Å². The van der Waals surface area contributed by atoms with Gasteiger partial charge in [-0.15, -0.1) is 0 Å². The molecule has 0 saturated heterocycles. The lowest BCUT2D eigenvalue weighted by molar-refractivity contribution is 0.436. The topological polar surface area (TPSA) is 52.0 Å². The zero-order valence-corrected chi connectivity index (χ0v) is 11.7. The Balaban J connectivity index is 2.20. The molecule has 0 fully saturated rings. The largest absolute Gasteiger partial charge is 0.380 e. The molecule has 0 aliphatic rings. The molecule has 2 N–H and O–H groups in total. The van der Waals surface area contributed by atoms with E-state index in [0.29, 0.717) is 16.6 Å². The van der Waals surface area contributed by atoms with Crippen LogP contribution >= 0.6 is 11.6 Å². The normalized spacial score (nSPS) is 10.7. The molecule has 3 rings (SSSR count). The number of benzene rings is 2. The summed E-state index contributed by atoms with van der Waals surface area (Å²) in [6.45, 7) is 2.03. The van der Waals surface area contributed by atoms with Gasteiger partial charge in [-0.2, -0.15) is 0 Å². The van der Waals surface area contributed by atoms with Crippen molar-refractivity contribution in [2.45, 2.75) is 6.92 Å². The Morgan fingerprint density at radius 2 is 1.80 bits per heavy atom. The maximum Gasteiger partial charge on any atom is 0.176 e. The van der Waals surface area contributed by atoms with Gasteiger partial charge in [-0.3, -0.25) is 0 Å². The maximum atomic E-state index is 6.03. The van der Waals surface area contributed by atoms with Crippen LogP contribution in [-0.4, -0.2) is 5.16 Å². The predicted octanol–water partition coefficient (Wildman–Crippen LogP) is 4.55. The summed E-state index contributed by atoms with van der Waals surface area (Å²) in [5, 5.41) is 4.53. The fourth-order valence-electron chi connectivity index (χ4n) is 2.21. The first kappa shape index (κ1) is 12.8. The highest BCUT2D eigenvalue weighted by Crippen LogP contribution is 2.37. The third-order valence-corrected chi connectivity index (χ3v) is 3.35. The van der Waals surface area contributed by atoms with E-state index >= 15 is 0 Å². The Morgan fingerprint density at radius 1 is 1.05 bits per heavy atom. The Morgan fingerprint density at radius 3 is 2.55 bits per heavy atom. The summed E-state index contributed by atoms with van der Waals surface area (Å²) in [7, 11) is 0. The van der Waals surface area contributed by atoms with Gasteiger partial charge in [0.25, 0.3) is 0 Å². The molecule has 0 bridgehead atoms. The fraction of sp³-hybridized carbons (Fsp3) is 0.0625. The van der Waals surface area contributed by atoms with Gasteiger partial charge in [0.05, 0.1) is 5.56 Å². The number of anilines is 1. The maximum absolute atomic E-state index is 6.03. The van der Waals surface area contributed by atoms with E-state index in [9.17, 15) is 0 Å². The van der Waals surface area contributed by atoms with E-state index in [2.05, 4.69) is 11.2 Å². The van der Waals surface area contributed by atoms with E-state index in [1.54, 1.807) is 0 Å². The van der Waals surface area contributed by atoms with Gasteiger partial charge in [-0.1, -0.05) is 58.7 Å². The molecule has 0 aliphatic heterocycles. The molecule has 1 aromatic heterocycles. The molecule has 0 atom stereocenters. The van der Waals surface area contributed by atoms with Gasteiger partial charge >= 0.3 is 0 Å².